The highest BCUT2D eigenvalue weighted by molar-refractivity contribution is 5.12. The fraction of sp³-hybridized carbons (Fsp3) is 0.625. The molecule has 1 aromatic rings. The maximum atomic E-state index is 13.0. The third-order valence-electron chi connectivity index (χ3n) is 2.15. The van der Waals surface area contributed by atoms with E-state index < -0.39 is 11.3 Å². The lowest BCUT2D eigenvalue weighted by Gasteiger charge is -2.28. The van der Waals surface area contributed by atoms with Crippen molar-refractivity contribution in [3.63, 3.8) is 0 Å². The van der Waals surface area contributed by atoms with Crippen LogP contribution in [0.3, 0.4) is 0 Å². The number of aromatic nitrogens is 1. The number of rotatable bonds is 2. The van der Waals surface area contributed by atoms with Gasteiger partial charge < -0.3 is 4.52 Å². The Labute approximate surface area is 69.6 Å². The van der Waals surface area contributed by atoms with Crippen molar-refractivity contribution in [1.29, 1.82) is 0 Å². The van der Waals surface area contributed by atoms with Gasteiger partial charge in [-0.25, -0.2) is 8.78 Å². The van der Waals surface area contributed by atoms with Crippen LogP contribution in [0.4, 0.5) is 8.78 Å². The Hall–Kier alpha value is -0.930. The average Bonchev–Trinajstić information content (AvgIpc) is 2.34. The number of halogens is 2. The minimum absolute atomic E-state index is 0.204. The predicted octanol–water partition coefficient (Wildman–Crippen LogP) is 2.61. The summed E-state index contributed by atoms with van der Waals surface area (Å²) in [5, 5.41) is 3.39. The van der Waals surface area contributed by atoms with Crippen LogP contribution >= 0.6 is 0 Å². The zero-order valence-corrected chi connectivity index (χ0v) is 7.27. The Morgan fingerprint density at radius 3 is 2.25 bits per heavy atom. The minimum atomic E-state index is -2.81. The molecule has 1 rings (SSSR count). The fourth-order valence-corrected chi connectivity index (χ4v) is 0.755. The van der Waals surface area contributed by atoms with Gasteiger partial charge in [0, 0.05) is 13.0 Å². The van der Waals surface area contributed by atoms with Gasteiger partial charge in [-0.15, -0.1) is 0 Å². The largest absolute Gasteiger partial charge is 0.361 e. The van der Waals surface area contributed by atoms with E-state index in [0.29, 0.717) is 0 Å². The van der Waals surface area contributed by atoms with Gasteiger partial charge in [0.05, 0.1) is 11.6 Å². The van der Waals surface area contributed by atoms with Crippen molar-refractivity contribution in [2.45, 2.75) is 32.1 Å². The summed E-state index contributed by atoms with van der Waals surface area (Å²) in [4.78, 5) is 0. The lowest BCUT2D eigenvalue weighted by atomic mass is 9.84. The summed E-state index contributed by atoms with van der Waals surface area (Å²) in [6, 6.07) is 1.46. The van der Waals surface area contributed by atoms with Gasteiger partial charge in [-0.3, -0.25) is 0 Å². The lowest BCUT2D eigenvalue weighted by molar-refractivity contribution is -0.0563. The molecule has 0 fully saturated rings. The van der Waals surface area contributed by atoms with Crippen LogP contribution in [0.1, 0.15) is 26.5 Å². The molecule has 0 saturated heterocycles. The van der Waals surface area contributed by atoms with Crippen molar-refractivity contribution in [2.24, 2.45) is 0 Å². The van der Waals surface area contributed by atoms with Gasteiger partial charge in [0.1, 0.15) is 5.76 Å². The van der Waals surface area contributed by atoms with E-state index in [-0.39, 0.29) is 5.76 Å². The van der Waals surface area contributed by atoms with Crippen LogP contribution in [0, 0.1) is 0 Å². The van der Waals surface area contributed by atoms with Gasteiger partial charge in [-0.1, -0.05) is 5.16 Å². The first-order chi connectivity index (χ1) is 5.36. The topological polar surface area (TPSA) is 26.0 Å². The van der Waals surface area contributed by atoms with E-state index in [1.54, 1.807) is 0 Å². The smallest absolute Gasteiger partial charge is 0.257 e. The van der Waals surface area contributed by atoms with Crippen molar-refractivity contribution in [1.82, 2.24) is 5.16 Å². The van der Waals surface area contributed by atoms with Crippen LogP contribution < -0.4 is 0 Å². The Morgan fingerprint density at radius 2 is 1.92 bits per heavy atom. The highest BCUT2D eigenvalue weighted by atomic mass is 19.3. The maximum Gasteiger partial charge on any atom is 0.257 e. The average molecular weight is 175 g/mol. The normalized spacial score (nSPS) is 13.4. The van der Waals surface area contributed by atoms with E-state index in [0.717, 1.165) is 6.92 Å². The van der Waals surface area contributed by atoms with Gasteiger partial charge in [-0.05, 0) is 13.8 Å². The number of hydrogen-bond donors (Lipinski definition) is 0. The van der Waals surface area contributed by atoms with Gasteiger partial charge in [-0.2, -0.15) is 0 Å². The van der Waals surface area contributed by atoms with Gasteiger partial charge >= 0.3 is 0 Å². The van der Waals surface area contributed by atoms with E-state index in [1.807, 2.05) is 0 Å². The molecule has 2 nitrogen and oxygen atoms in total. The molecule has 0 aromatic carbocycles. The summed E-state index contributed by atoms with van der Waals surface area (Å²) >= 11 is 0. The zero-order valence-electron chi connectivity index (χ0n) is 7.27. The van der Waals surface area contributed by atoms with Crippen LogP contribution in [-0.2, 0) is 5.41 Å². The van der Waals surface area contributed by atoms with Crippen LogP contribution in [-0.4, -0.2) is 11.1 Å². The molecular weight excluding hydrogens is 164 g/mol. The first-order valence-corrected chi connectivity index (χ1v) is 3.64. The predicted molar refractivity (Wildman–Crippen MR) is 40.2 cm³/mol. The zero-order chi connectivity index (χ0) is 9.41. The van der Waals surface area contributed by atoms with Gasteiger partial charge in [0.15, 0.2) is 0 Å². The molecule has 0 bridgehead atoms. The van der Waals surface area contributed by atoms with Crippen molar-refractivity contribution in [3.8, 4) is 0 Å². The summed E-state index contributed by atoms with van der Waals surface area (Å²) < 4.78 is 30.6. The summed E-state index contributed by atoms with van der Waals surface area (Å²) in [5.74, 6) is -2.61. The highest BCUT2D eigenvalue weighted by Crippen LogP contribution is 2.38. The van der Waals surface area contributed by atoms with E-state index in [9.17, 15) is 8.78 Å². The van der Waals surface area contributed by atoms with Gasteiger partial charge in [0.2, 0.25) is 0 Å². The number of hydrogen-bond acceptors (Lipinski definition) is 2. The summed E-state index contributed by atoms with van der Waals surface area (Å²) in [6.07, 6.45) is 1.36. The SMILES string of the molecule is CC(F)(F)C(C)(C)c1ccno1. The van der Waals surface area contributed by atoms with Crippen LogP contribution in [0.2, 0.25) is 0 Å². The van der Waals surface area contributed by atoms with E-state index in [4.69, 9.17) is 4.52 Å². The molecule has 0 aliphatic heterocycles. The Bertz CT molecular complexity index is 249. The fourth-order valence-electron chi connectivity index (χ4n) is 0.755. The molecule has 1 aromatic heterocycles. The van der Waals surface area contributed by atoms with Crippen molar-refractivity contribution in [3.05, 3.63) is 18.0 Å². The van der Waals surface area contributed by atoms with Crippen LogP contribution in [0.15, 0.2) is 16.8 Å². The molecule has 12 heavy (non-hydrogen) atoms. The lowest BCUT2D eigenvalue weighted by Crippen LogP contribution is -2.37. The molecule has 0 unspecified atom stereocenters. The summed E-state index contributed by atoms with van der Waals surface area (Å²) in [7, 11) is 0. The molecule has 0 N–H and O–H groups in total. The van der Waals surface area contributed by atoms with Crippen LogP contribution in [0.5, 0.6) is 0 Å². The third-order valence-corrected chi connectivity index (χ3v) is 2.15. The molecule has 68 valence electrons. The first-order valence-electron chi connectivity index (χ1n) is 3.64. The molecule has 0 aliphatic rings. The van der Waals surface area contributed by atoms with Crippen molar-refractivity contribution < 1.29 is 13.3 Å². The number of alkyl halides is 2. The molecule has 4 heteroatoms. The molecule has 0 radical (unpaired) electrons. The molecule has 0 atom stereocenters. The quantitative estimate of drug-likeness (QED) is 0.690. The Morgan fingerprint density at radius 1 is 1.33 bits per heavy atom. The second-order valence-electron chi connectivity index (χ2n) is 3.39. The second-order valence-corrected chi connectivity index (χ2v) is 3.39. The molecule has 0 saturated carbocycles. The molecule has 1 heterocycles. The molecule has 0 amide bonds. The van der Waals surface area contributed by atoms with Crippen molar-refractivity contribution in [2.75, 3.05) is 0 Å². The van der Waals surface area contributed by atoms with Crippen molar-refractivity contribution >= 4 is 0 Å². The first kappa shape index (κ1) is 9.16. The molecule has 0 aliphatic carbocycles. The van der Waals surface area contributed by atoms with E-state index in [2.05, 4.69) is 5.16 Å². The summed E-state index contributed by atoms with van der Waals surface area (Å²) in [5.41, 5.74) is -1.30. The minimum Gasteiger partial charge on any atom is -0.361 e. The second kappa shape index (κ2) is 2.54. The Balaban J connectivity index is 3.02. The Kier molecular flexibility index (Phi) is 1.94. The van der Waals surface area contributed by atoms with Gasteiger partial charge in [0.25, 0.3) is 5.92 Å². The molecular formula is C8H11F2NO. The number of nitrogens with zero attached hydrogens (tertiary/aromatic N) is 1. The van der Waals surface area contributed by atoms with Crippen LogP contribution in [0.25, 0.3) is 0 Å². The van der Waals surface area contributed by atoms with E-state index >= 15 is 0 Å². The maximum absolute atomic E-state index is 13.0. The third kappa shape index (κ3) is 1.33. The molecule has 0 spiro atoms. The summed E-state index contributed by atoms with van der Waals surface area (Å²) in [6.45, 7) is 3.72. The highest BCUT2D eigenvalue weighted by Gasteiger charge is 2.45. The standard InChI is InChI=1S/C8H11F2NO/c1-7(2,8(3,9)10)6-4-5-11-12-6/h4-5H,1-3H3. The monoisotopic (exact) mass is 175 g/mol. The van der Waals surface area contributed by atoms with E-state index in [1.165, 1.54) is 26.1 Å².